The molecule has 9 nitrogen and oxygen atoms in total. The fourth-order valence-corrected chi connectivity index (χ4v) is 3.11. The second-order valence-corrected chi connectivity index (χ2v) is 5.61. The lowest BCUT2D eigenvalue weighted by Gasteiger charge is -2.29. The van der Waals surface area contributed by atoms with Gasteiger partial charge in [0.25, 0.3) is 0 Å². The molecule has 2 bridgehead atoms. The van der Waals surface area contributed by atoms with E-state index < -0.39 is 12.3 Å². The summed E-state index contributed by atoms with van der Waals surface area (Å²) in [5.41, 5.74) is 9.41. The maximum Gasteiger partial charge on any atom is 0.332 e. The first-order valence-electron chi connectivity index (χ1n) is 7.45. The van der Waals surface area contributed by atoms with Gasteiger partial charge in [-0.15, -0.1) is 0 Å². The van der Waals surface area contributed by atoms with E-state index in [1.165, 1.54) is 0 Å². The molecule has 2 saturated heterocycles. The molecule has 2 fully saturated rings. The first-order chi connectivity index (χ1) is 11.7. The number of hydrogen-bond donors (Lipinski definition) is 2. The Labute approximate surface area is 137 Å². The maximum absolute atomic E-state index is 11.0. The molecule has 1 aromatic carbocycles. The molecule has 3 aliphatic rings. The number of amides is 2. The number of hydrogen-bond acceptors (Lipinski definition) is 7. The van der Waals surface area contributed by atoms with Crippen molar-refractivity contribution in [2.24, 2.45) is 21.9 Å². The van der Waals surface area contributed by atoms with E-state index >= 15 is 0 Å². The number of nitrogens with one attached hydrogen (secondary N) is 1. The van der Waals surface area contributed by atoms with Crippen LogP contribution in [-0.2, 0) is 14.3 Å². The van der Waals surface area contributed by atoms with E-state index in [0.717, 1.165) is 11.3 Å². The van der Waals surface area contributed by atoms with Gasteiger partial charge in [0, 0.05) is 5.56 Å². The van der Waals surface area contributed by atoms with Crippen LogP contribution in [-0.4, -0.2) is 49.7 Å². The molecular formula is C15H16N4O5. The van der Waals surface area contributed by atoms with Crippen LogP contribution in [0.3, 0.4) is 0 Å². The number of nitrogens with two attached hydrogens (primary N) is 1. The molecule has 3 aliphatic heterocycles. The zero-order valence-corrected chi connectivity index (χ0v) is 12.8. The van der Waals surface area contributed by atoms with Crippen molar-refractivity contribution in [3.05, 3.63) is 29.8 Å². The van der Waals surface area contributed by atoms with Crippen molar-refractivity contribution in [2.45, 2.75) is 18.5 Å². The molecule has 2 amide bonds. The average Bonchev–Trinajstić information content (AvgIpc) is 3.21. The molecule has 4 atom stereocenters. The summed E-state index contributed by atoms with van der Waals surface area (Å²) in [5.74, 6) is 0.464. The fourth-order valence-electron chi connectivity index (χ4n) is 3.11. The molecule has 126 valence electrons. The van der Waals surface area contributed by atoms with Crippen LogP contribution in [0.4, 0.5) is 4.79 Å². The molecule has 9 heteroatoms. The number of fused-ring (bicyclic) bond motifs is 4. The molecule has 0 saturated carbocycles. The van der Waals surface area contributed by atoms with E-state index in [2.05, 4.69) is 15.7 Å². The number of primary amides is 1. The van der Waals surface area contributed by atoms with Gasteiger partial charge in [0.2, 0.25) is 0 Å². The van der Waals surface area contributed by atoms with E-state index in [0.29, 0.717) is 18.0 Å². The summed E-state index contributed by atoms with van der Waals surface area (Å²) in [6.07, 6.45) is -1.23. The van der Waals surface area contributed by atoms with Gasteiger partial charge in [-0.3, -0.25) is 0 Å². The van der Waals surface area contributed by atoms with Crippen LogP contribution in [0.25, 0.3) is 0 Å². The minimum absolute atomic E-state index is 0.230. The van der Waals surface area contributed by atoms with Crippen molar-refractivity contribution in [1.82, 2.24) is 5.43 Å². The molecule has 2 unspecified atom stereocenters. The Kier molecular flexibility index (Phi) is 3.58. The summed E-state index contributed by atoms with van der Waals surface area (Å²) in [5, 5.41) is 8.29. The SMILES string of the molecule is COc1ccc(C2=NO[C@H]3C4CO[C@H](O4)/C(=N\NC(N)=O)C23)cc1. The summed E-state index contributed by atoms with van der Waals surface area (Å²) in [6.45, 7) is 0.382. The molecule has 0 radical (unpaired) electrons. The van der Waals surface area contributed by atoms with Gasteiger partial charge < -0.3 is 24.8 Å². The molecule has 0 aromatic heterocycles. The van der Waals surface area contributed by atoms with Crippen molar-refractivity contribution in [2.75, 3.05) is 13.7 Å². The van der Waals surface area contributed by atoms with Gasteiger partial charge in [0.1, 0.15) is 17.6 Å². The number of urea groups is 1. The number of hydrazone groups is 1. The van der Waals surface area contributed by atoms with Gasteiger partial charge in [-0.05, 0) is 24.3 Å². The molecule has 3 heterocycles. The molecule has 0 spiro atoms. The van der Waals surface area contributed by atoms with Crippen molar-refractivity contribution < 1.29 is 23.8 Å². The maximum atomic E-state index is 11.0. The van der Waals surface area contributed by atoms with Crippen molar-refractivity contribution in [3.63, 3.8) is 0 Å². The smallest absolute Gasteiger partial charge is 0.332 e. The van der Waals surface area contributed by atoms with E-state index in [1.807, 2.05) is 24.3 Å². The largest absolute Gasteiger partial charge is 0.497 e. The Hall–Kier alpha value is -2.65. The Morgan fingerprint density at radius 3 is 2.92 bits per heavy atom. The van der Waals surface area contributed by atoms with E-state index in [9.17, 15) is 4.79 Å². The highest BCUT2D eigenvalue weighted by molar-refractivity contribution is 6.17. The number of nitrogens with zero attached hydrogens (tertiary/aromatic N) is 2. The molecule has 24 heavy (non-hydrogen) atoms. The van der Waals surface area contributed by atoms with Crippen molar-refractivity contribution >= 4 is 17.5 Å². The molecule has 1 aromatic rings. The third-order valence-electron chi connectivity index (χ3n) is 4.21. The number of oxime groups is 1. The van der Waals surface area contributed by atoms with Gasteiger partial charge >= 0.3 is 6.03 Å². The minimum Gasteiger partial charge on any atom is -0.497 e. The number of methoxy groups -OCH3 is 1. The average molecular weight is 332 g/mol. The number of carbonyl (C=O) groups is 1. The van der Waals surface area contributed by atoms with Gasteiger partial charge in [-0.2, -0.15) is 5.10 Å². The van der Waals surface area contributed by atoms with Crippen molar-refractivity contribution in [1.29, 1.82) is 0 Å². The first kappa shape index (κ1) is 14.9. The summed E-state index contributed by atoms with van der Waals surface area (Å²) < 4.78 is 16.5. The highest BCUT2D eigenvalue weighted by Crippen LogP contribution is 2.38. The minimum atomic E-state index is -0.763. The zero-order valence-electron chi connectivity index (χ0n) is 12.8. The van der Waals surface area contributed by atoms with Crippen LogP contribution in [0, 0.1) is 5.92 Å². The Balaban J connectivity index is 1.69. The van der Waals surface area contributed by atoms with Gasteiger partial charge in [0.15, 0.2) is 12.4 Å². The first-order valence-corrected chi connectivity index (χ1v) is 7.45. The Bertz CT molecular complexity index is 717. The van der Waals surface area contributed by atoms with Gasteiger partial charge in [-0.25, -0.2) is 10.2 Å². The predicted molar refractivity (Wildman–Crippen MR) is 82.7 cm³/mol. The number of ether oxygens (including phenoxy) is 3. The van der Waals surface area contributed by atoms with E-state index in [-0.39, 0.29) is 18.1 Å². The van der Waals surface area contributed by atoms with Crippen LogP contribution in [0.15, 0.2) is 34.5 Å². The van der Waals surface area contributed by atoms with Crippen LogP contribution >= 0.6 is 0 Å². The zero-order chi connectivity index (χ0) is 16.7. The number of rotatable bonds is 3. The highest BCUT2D eigenvalue weighted by atomic mass is 16.7. The van der Waals surface area contributed by atoms with Gasteiger partial charge in [0.05, 0.1) is 25.3 Å². The lowest BCUT2D eigenvalue weighted by molar-refractivity contribution is -0.0812. The quantitative estimate of drug-likeness (QED) is 0.767. The van der Waals surface area contributed by atoms with E-state index in [4.69, 9.17) is 24.8 Å². The summed E-state index contributed by atoms with van der Waals surface area (Å²) in [4.78, 5) is 16.6. The summed E-state index contributed by atoms with van der Waals surface area (Å²) in [7, 11) is 1.61. The molecule has 4 rings (SSSR count). The molecule has 3 N–H and O–H groups in total. The van der Waals surface area contributed by atoms with Crippen LogP contribution in [0.5, 0.6) is 5.75 Å². The summed E-state index contributed by atoms with van der Waals surface area (Å²) >= 11 is 0. The van der Waals surface area contributed by atoms with Crippen LogP contribution < -0.4 is 15.9 Å². The Morgan fingerprint density at radius 2 is 2.21 bits per heavy atom. The predicted octanol–water partition coefficient (Wildman–Crippen LogP) is 0.194. The number of carbonyl (C=O) groups excluding carboxylic acids is 1. The number of benzene rings is 1. The topological polar surface area (TPSA) is 117 Å². The normalized spacial score (nSPS) is 32.0. The summed E-state index contributed by atoms with van der Waals surface area (Å²) in [6, 6.07) is 6.70. The molecular weight excluding hydrogens is 316 g/mol. The Morgan fingerprint density at radius 1 is 1.42 bits per heavy atom. The lowest BCUT2D eigenvalue weighted by Crippen LogP contribution is -2.49. The monoisotopic (exact) mass is 332 g/mol. The third kappa shape index (κ3) is 2.38. The second-order valence-electron chi connectivity index (χ2n) is 5.61. The fraction of sp³-hybridized carbons (Fsp3) is 0.400. The standard InChI is InChI=1S/C15H16N4O5/c1-21-8-4-2-7(3-5-8)11-10-12(17-18-15(16)20)14-22-6-9(23-14)13(10)24-19-11/h2-5,9-10,13-14H,6H2,1H3,(H3,16,18,20)/b17-12-/t9?,10?,13-,14+/m0/s1. The van der Waals surface area contributed by atoms with E-state index in [1.54, 1.807) is 7.11 Å². The highest BCUT2D eigenvalue weighted by Gasteiger charge is 2.55. The molecule has 0 aliphatic carbocycles. The second kappa shape index (κ2) is 5.77. The van der Waals surface area contributed by atoms with Crippen molar-refractivity contribution in [3.8, 4) is 5.75 Å². The van der Waals surface area contributed by atoms with Crippen LogP contribution in [0.1, 0.15) is 5.56 Å². The lowest BCUT2D eigenvalue weighted by atomic mass is 9.84. The third-order valence-corrected chi connectivity index (χ3v) is 4.21. The van der Waals surface area contributed by atoms with Gasteiger partial charge in [-0.1, -0.05) is 5.16 Å². The van der Waals surface area contributed by atoms with Crippen LogP contribution in [0.2, 0.25) is 0 Å².